The summed E-state index contributed by atoms with van der Waals surface area (Å²) in [5.74, 6) is 0.743. The molecule has 0 aliphatic heterocycles. The van der Waals surface area contributed by atoms with Crippen LogP contribution in [0.4, 0.5) is 0 Å². The van der Waals surface area contributed by atoms with Crippen LogP contribution in [0.2, 0.25) is 5.02 Å². The predicted molar refractivity (Wildman–Crippen MR) is 93.0 cm³/mol. The smallest absolute Gasteiger partial charge is 0.217 e. The fourth-order valence-electron chi connectivity index (χ4n) is 1.66. The summed E-state index contributed by atoms with van der Waals surface area (Å²) in [5, 5.41) is 3.47. The van der Waals surface area contributed by atoms with E-state index in [4.69, 9.17) is 11.6 Å². The third-order valence-electron chi connectivity index (χ3n) is 2.60. The Labute approximate surface area is 138 Å². The third-order valence-corrected chi connectivity index (χ3v) is 2.96. The van der Waals surface area contributed by atoms with Crippen LogP contribution in [0, 0.1) is 0 Å². The molecule has 1 aromatic heterocycles. The maximum atomic E-state index is 10.9. The number of carbonyl (C=O) groups excluding carboxylic acids is 1. The van der Waals surface area contributed by atoms with E-state index in [1.54, 1.807) is 6.20 Å². The van der Waals surface area contributed by atoms with Crippen molar-refractivity contribution in [2.75, 3.05) is 0 Å². The number of rotatable bonds is 4. The number of hydrogen-bond acceptors (Lipinski definition) is 2. The summed E-state index contributed by atoms with van der Waals surface area (Å²) in [4.78, 5) is 15.1. The third kappa shape index (κ3) is 6.76. The first-order valence-electron chi connectivity index (χ1n) is 7.64. The molecule has 1 aromatic carbocycles. The van der Waals surface area contributed by atoms with E-state index >= 15 is 0 Å². The SMILES string of the molecule is CC.CC.CC(=O)NCc1nccn1Cc1ccccc1Cl. The van der Waals surface area contributed by atoms with Gasteiger partial charge in [-0.3, -0.25) is 4.79 Å². The fraction of sp³-hybridized carbons (Fsp3) is 0.412. The number of imidazole rings is 1. The minimum Gasteiger partial charge on any atom is -0.349 e. The molecule has 5 heteroatoms. The van der Waals surface area contributed by atoms with Gasteiger partial charge in [0.1, 0.15) is 5.82 Å². The van der Waals surface area contributed by atoms with Crippen LogP contribution in [0.15, 0.2) is 36.7 Å². The van der Waals surface area contributed by atoms with Crippen molar-refractivity contribution in [3.05, 3.63) is 53.1 Å². The number of carbonyl (C=O) groups is 1. The van der Waals surface area contributed by atoms with Gasteiger partial charge in [0, 0.05) is 24.3 Å². The van der Waals surface area contributed by atoms with Crippen LogP contribution >= 0.6 is 11.6 Å². The summed E-state index contributed by atoms with van der Waals surface area (Å²) < 4.78 is 1.97. The average molecular weight is 324 g/mol. The van der Waals surface area contributed by atoms with Crippen molar-refractivity contribution in [2.45, 2.75) is 47.7 Å². The van der Waals surface area contributed by atoms with Crippen molar-refractivity contribution in [2.24, 2.45) is 0 Å². The number of nitrogens with zero attached hydrogens (tertiary/aromatic N) is 2. The number of halogens is 1. The molecule has 0 fully saturated rings. The topological polar surface area (TPSA) is 46.9 Å². The molecule has 0 radical (unpaired) electrons. The lowest BCUT2D eigenvalue weighted by atomic mass is 10.2. The van der Waals surface area contributed by atoms with Gasteiger partial charge in [-0.15, -0.1) is 0 Å². The Bertz CT molecular complexity index is 552. The van der Waals surface area contributed by atoms with Gasteiger partial charge in [0.25, 0.3) is 0 Å². The molecule has 0 unspecified atom stereocenters. The van der Waals surface area contributed by atoms with Gasteiger partial charge in [0.15, 0.2) is 0 Å². The highest BCUT2D eigenvalue weighted by atomic mass is 35.5. The second kappa shape index (κ2) is 11.8. The lowest BCUT2D eigenvalue weighted by molar-refractivity contribution is -0.119. The first-order valence-corrected chi connectivity index (χ1v) is 8.02. The Kier molecular flexibility index (Phi) is 10.8. The maximum absolute atomic E-state index is 10.9. The van der Waals surface area contributed by atoms with Crippen LogP contribution in [0.5, 0.6) is 0 Å². The quantitative estimate of drug-likeness (QED) is 0.913. The molecule has 4 nitrogen and oxygen atoms in total. The summed E-state index contributed by atoms with van der Waals surface area (Å²) in [6.45, 7) is 10.6. The first-order chi connectivity index (χ1) is 10.7. The largest absolute Gasteiger partial charge is 0.349 e. The highest BCUT2D eigenvalue weighted by Gasteiger charge is 2.06. The predicted octanol–water partition coefficient (Wildman–Crippen LogP) is 4.27. The van der Waals surface area contributed by atoms with Crippen LogP contribution in [0.25, 0.3) is 0 Å². The Morgan fingerprint density at radius 3 is 2.45 bits per heavy atom. The molecule has 0 spiro atoms. The highest BCUT2D eigenvalue weighted by Crippen LogP contribution is 2.16. The zero-order chi connectivity index (χ0) is 17.0. The van der Waals surface area contributed by atoms with Crippen LogP contribution < -0.4 is 5.32 Å². The van der Waals surface area contributed by atoms with Crippen LogP contribution in [-0.4, -0.2) is 15.5 Å². The number of nitrogens with one attached hydrogen (secondary N) is 1. The number of benzene rings is 1. The van der Waals surface area contributed by atoms with Crippen molar-refractivity contribution in [1.82, 2.24) is 14.9 Å². The van der Waals surface area contributed by atoms with Crippen molar-refractivity contribution in [3.8, 4) is 0 Å². The minimum atomic E-state index is -0.0673. The van der Waals surface area contributed by atoms with Gasteiger partial charge in [0.2, 0.25) is 5.91 Å². The molecular formula is C17H26ClN3O. The monoisotopic (exact) mass is 323 g/mol. The zero-order valence-corrected chi connectivity index (χ0v) is 14.8. The molecule has 0 saturated carbocycles. The van der Waals surface area contributed by atoms with Crippen LogP contribution in [-0.2, 0) is 17.9 Å². The molecule has 0 saturated heterocycles. The number of hydrogen-bond donors (Lipinski definition) is 1. The average Bonchev–Trinajstić information content (AvgIpc) is 2.99. The van der Waals surface area contributed by atoms with Gasteiger partial charge in [0.05, 0.1) is 13.1 Å². The highest BCUT2D eigenvalue weighted by molar-refractivity contribution is 6.31. The standard InChI is InChI=1S/C13H14ClN3O.2C2H6/c1-10(18)16-8-13-15-6-7-17(13)9-11-4-2-3-5-12(11)14;2*1-2/h2-7H,8-9H2,1H3,(H,16,18);2*1-2H3. The van der Waals surface area contributed by atoms with Crippen LogP contribution in [0.3, 0.4) is 0 Å². The molecule has 122 valence electrons. The van der Waals surface area contributed by atoms with Crippen molar-refractivity contribution in [1.29, 1.82) is 0 Å². The van der Waals surface area contributed by atoms with Crippen molar-refractivity contribution in [3.63, 3.8) is 0 Å². The normalized spacial score (nSPS) is 9.00. The van der Waals surface area contributed by atoms with E-state index in [9.17, 15) is 4.79 Å². The summed E-state index contributed by atoms with van der Waals surface area (Å²) in [7, 11) is 0. The van der Waals surface area contributed by atoms with E-state index in [1.807, 2.05) is 62.7 Å². The summed E-state index contributed by atoms with van der Waals surface area (Å²) >= 11 is 6.12. The lowest BCUT2D eigenvalue weighted by Crippen LogP contribution is -2.21. The lowest BCUT2D eigenvalue weighted by Gasteiger charge is -2.09. The first kappa shape index (κ1) is 20.2. The second-order valence-electron chi connectivity index (χ2n) is 3.97. The van der Waals surface area contributed by atoms with Gasteiger partial charge < -0.3 is 9.88 Å². The van der Waals surface area contributed by atoms with Crippen LogP contribution in [0.1, 0.15) is 46.0 Å². The summed E-state index contributed by atoms with van der Waals surface area (Å²) in [6.07, 6.45) is 3.59. The van der Waals surface area contributed by atoms with Crippen molar-refractivity contribution < 1.29 is 4.79 Å². The second-order valence-corrected chi connectivity index (χ2v) is 4.38. The summed E-state index contributed by atoms with van der Waals surface area (Å²) in [5.41, 5.74) is 1.03. The Morgan fingerprint density at radius 1 is 1.23 bits per heavy atom. The molecular weight excluding hydrogens is 298 g/mol. The van der Waals surface area contributed by atoms with Crippen molar-refractivity contribution >= 4 is 17.5 Å². The number of aromatic nitrogens is 2. The molecule has 2 aromatic rings. The van der Waals surface area contributed by atoms with Gasteiger partial charge in [-0.1, -0.05) is 57.5 Å². The molecule has 1 amide bonds. The molecule has 22 heavy (non-hydrogen) atoms. The Hall–Kier alpha value is -1.81. The van der Waals surface area contributed by atoms with E-state index in [1.165, 1.54) is 6.92 Å². The van der Waals surface area contributed by atoms with E-state index < -0.39 is 0 Å². The molecule has 0 aliphatic rings. The summed E-state index contributed by atoms with van der Waals surface area (Å²) in [6, 6.07) is 7.69. The zero-order valence-electron chi connectivity index (χ0n) is 14.1. The van der Waals surface area contributed by atoms with Gasteiger partial charge >= 0.3 is 0 Å². The van der Waals surface area contributed by atoms with Gasteiger partial charge in [-0.05, 0) is 11.6 Å². The van der Waals surface area contributed by atoms with E-state index in [0.717, 1.165) is 16.4 Å². The molecule has 0 bridgehead atoms. The molecule has 1 N–H and O–H groups in total. The maximum Gasteiger partial charge on any atom is 0.217 e. The van der Waals surface area contributed by atoms with Gasteiger partial charge in [-0.25, -0.2) is 4.98 Å². The van der Waals surface area contributed by atoms with Gasteiger partial charge in [-0.2, -0.15) is 0 Å². The van der Waals surface area contributed by atoms with E-state index in [0.29, 0.717) is 13.1 Å². The molecule has 0 aliphatic carbocycles. The minimum absolute atomic E-state index is 0.0673. The Morgan fingerprint density at radius 2 is 1.86 bits per heavy atom. The molecule has 0 atom stereocenters. The number of amides is 1. The Balaban J connectivity index is 0.00000102. The van der Waals surface area contributed by atoms with E-state index in [2.05, 4.69) is 10.3 Å². The molecule has 1 heterocycles. The molecule has 2 rings (SSSR count). The fourth-order valence-corrected chi connectivity index (χ4v) is 1.86. The van der Waals surface area contributed by atoms with E-state index in [-0.39, 0.29) is 5.91 Å².